The molecule has 0 spiro atoms. The molecule has 1 aliphatic carbocycles. The Hall–Kier alpha value is -0.670. The second-order valence-corrected chi connectivity index (χ2v) is 4.53. The van der Waals surface area contributed by atoms with Crippen molar-refractivity contribution >= 4 is 11.6 Å². The van der Waals surface area contributed by atoms with E-state index >= 15 is 0 Å². The second kappa shape index (κ2) is 3.42. The summed E-state index contributed by atoms with van der Waals surface area (Å²) in [5.74, 6) is -2.99. The van der Waals surface area contributed by atoms with Gasteiger partial charge in [0.15, 0.2) is 0 Å². The standard InChI is InChI=1S/C11H12ClF2N/c12-9-4-1-3-8(7-9)11(13,14)10(15)5-2-6-10/h1,3-4,7H,2,5-6,15H2. The summed E-state index contributed by atoms with van der Waals surface area (Å²) < 4.78 is 28.0. The highest BCUT2D eigenvalue weighted by atomic mass is 35.5. The fourth-order valence-electron chi connectivity index (χ4n) is 1.84. The molecule has 2 rings (SSSR count). The molecule has 0 atom stereocenters. The summed E-state index contributed by atoms with van der Waals surface area (Å²) in [6, 6.07) is 5.76. The first-order valence-electron chi connectivity index (χ1n) is 4.88. The molecular formula is C11H12ClF2N. The molecule has 0 unspecified atom stereocenters. The maximum absolute atomic E-state index is 14.0. The number of hydrogen-bond acceptors (Lipinski definition) is 1. The molecule has 82 valence electrons. The monoisotopic (exact) mass is 231 g/mol. The third kappa shape index (κ3) is 1.64. The number of hydrogen-bond donors (Lipinski definition) is 1. The van der Waals surface area contributed by atoms with Crippen LogP contribution in [-0.4, -0.2) is 5.54 Å². The van der Waals surface area contributed by atoms with Crippen LogP contribution in [0.4, 0.5) is 8.78 Å². The second-order valence-electron chi connectivity index (χ2n) is 4.09. The highest BCUT2D eigenvalue weighted by Crippen LogP contribution is 2.48. The Kier molecular flexibility index (Phi) is 2.47. The van der Waals surface area contributed by atoms with Gasteiger partial charge in [0.2, 0.25) is 0 Å². The molecule has 0 amide bonds. The molecule has 4 heteroatoms. The predicted octanol–water partition coefficient (Wildman–Crippen LogP) is 3.31. The van der Waals surface area contributed by atoms with Gasteiger partial charge in [-0.2, -0.15) is 8.78 Å². The van der Waals surface area contributed by atoms with Crippen molar-refractivity contribution in [1.29, 1.82) is 0 Å². The van der Waals surface area contributed by atoms with E-state index in [1.54, 1.807) is 6.07 Å². The van der Waals surface area contributed by atoms with Crippen LogP contribution >= 0.6 is 11.6 Å². The first kappa shape index (κ1) is 10.8. The van der Waals surface area contributed by atoms with E-state index in [1.165, 1.54) is 18.2 Å². The molecule has 1 nitrogen and oxygen atoms in total. The first-order valence-corrected chi connectivity index (χ1v) is 5.26. The van der Waals surface area contributed by atoms with Gasteiger partial charge in [-0.15, -0.1) is 0 Å². The highest BCUT2D eigenvalue weighted by Gasteiger charge is 2.55. The van der Waals surface area contributed by atoms with Crippen molar-refractivity contribution in [3.63, 3.8) is 0 Å². The topological polar surface area (TPSA) is 26.0 Å². The summed E-state index contributed by atoms with van der Waals surface area (Å²) in [5.41, 5.74) is 4.21. The van der Waals surface area contributed by atoms with Gasteiger partial charge in [-0.1, -0.05) is 23.7 Å². The number of rotatable bonds is 2. The third-order valence-electron chi connectivity index (χ3n) is 3.06. The van der Waals surface area contributed by atoms with E-state index in [2.05, 4.69) is 0 Å². The van der Waals surface area contributed by atoms with Crippen LogP contribution in [0.3, 0.4) is 0 Å². The molecule has 1 aromatic rings. The number of nitrogens with two attached hydrogens (primary N) is 1. The van der Waals surface area contributed by atoms with Crippen LogP contribution < -0.4 is 5.73 Å². The summed E-state index contributed by atoms with van der Waals surface area (Å²) in [6.45, 7) is 0. The smallest absolute Gasteiger partial charge is 0.290 e. The molecule has 0 heterocycles. The number of benzene rings is 1. The average molecular weight is 232 g/mol. The van der Waals surface area contributed by atoms with Gasteiger partial charge in [-0.05, 0) is 31.4 Å². The molecule has 0 bridgehead atoms. The molecule has 2 N–H and O–H groups in total. The molecule has 0 aromatic heterocycles. The van der Waals surface area contributed by atoms with Crippen molar-refractivity contribution in [2.24, 2.45) is 5.73 Å². The van der Waals surface area contributed by atoms with Gasteiger partial charge in [0, 0.05) is 10.6 Å². The molecule has 0 aliphatic heterocycles. The molecule has 1 fully saturated rings. The number of halogens is 3. The van der Waals surface area contributed by atoms with Crippen molar-refractivity contribution in [1.82, 2.24) is 0 Å². The Morgan fingerprint density at radius 2 is 2.00 bits per heavy atom. The summed E-state index contributed by atoms with van der Waals surface area (Å²) in [5, 5.41) is 0.315. The van der Waals surface area contributed by atoms with Crippen LogP contribution in [0.1, 0.15) is 24.8 Å². The molecule has 0 saturated heterocycles. The van der Waals surface area contributed by atoms with Crippen LogP contribution in [0.5, 0.6) is 0 Å². The van der Waals surface area contributed by atoms with Crippen molar-refractivity contribution in [3.8, 4) is 0 Å². The van der Waals surface area contributed by atoms with Gasteiger partial charge in [0.05, 0.1) is 5.54 Å². The SMILES string of the molecule is NC1(C(F)(F)c2cccc(Cl)c2)CCC1. The first-order chi connectivity index (χ1) is 6.96. The lowest BCUT2D eigenvalue weighted by Crippen LogP contribution is -2.58. The molecule has 0 radical (unpaired) electrons. The summed E-state index contributed by atoms with van der Waals surface area (Å²) in [7, 11) is 0. The lowest BCUT2D eigenvalue weighted by Gasteiger charge is -2.44. The Morgan fingerprint density at radius 3 is 2.47 bits per heavy atom. The minimum atomic E-state index is -2.99. The highest BCUT2D eigenvalue weighted by molar-refractivity contribution is 6.30. The maximum Gasteiger partial charge on any atom is 0.290 e. The third-order valence-corrected chi connectivity index (χ3v) is 3.29. The van der Waals surface area contributed by atoms with Crippen LogP contribution in [0.25, 0.3) is 0 Å². The Labute approximate surface area is 92.2 Å². The molecule has 1 saturated carbocycles. The lowest BCUT2D eigenvalue weighted by molar-refractivity contribution is -0.113. The van der Waals surface area contributed by atoms with Crippen molar-refractivity contribution in [2.75, 3.05) is 0 Å². The van der Waals surface area contributed by atoms with Crippen LogP contribution in [-0.2, 0) is 5.92 Å². The van der Waals surface area contributed by atoms with E-state index in [0.717, 1.165) is 6.42 Å². The average Bonchev–Trinajstić information content (AvgIpc) is 2.14. The summed E-state index contributed by atoms with van der Waals surface area (Å²) >= 11 is 5.69. The quantitative estimate of drug-likeness (QED) is 0.830. The van der Waals surface area contributed by atoms with Gasteiger partial charge < -0.3 is 5.73 Å². The van der Waals surface area contributed by atoms with Gasteiger partial charge in [0.25, 0.3) is 5.92 Å². The summed E-state index contributed by atoms with van der Waals surface area (Å²) in [4.78, 5) is 0. The lowest BCUT2D eigenvalue weighted by atomic mass is 9.71. The molecular weight excluding hydrogens is 220 g/mol. The van der Waals surface area contributed by atoms with E-state index in [-0.39, 0.29) is 5.56 Å². The number of alkyl halides is 2. The zero-order valence-electron chi connectivity index (χ0n) is 8.14. The zero-order chi connectivity index (χ0) is 11.1. The van der Waals surface area contributed by atoms with Crippen LogP contribution in [0.15, 0.2) is 24.3 Å². The van der Waals surface area contributed by atoms with Gasteiger partial charge in [0.1, 0.15) is 0 Å². The molecule has 15 heavy (non-hydrogen) atoms. The summed E-state index contributed by atoms with van der Waals surface area (Å²) in [6.07, 6.45) is 1.51. The molecule has 1 aromatic carbocycles. The zero-order valence-corrected chi connectivity index (χ0v) is 8.90. The largest absolute Gasteiger partial charge is 0.320 e. The molecule has 1 aliphatic rings. The van der Waals surface area contributed by atoms with Gasteiger partial charge in [-0.25, -0.2) is 0 Å². The van der Waals surface area contributed by atoms with E-state index in [4.69, 9.17) is 17.3 Å². The van der Waals surface area contributed by atoms with Crippen molar-refractivity contribution < 1.29 is 8.78 Å². The fourth-order valence-corrected chi connectivity index (χ4v) is 2.03. The predicted molar refractivity (Wildman–Crippen MR) is 56.1 cm³/mol. The maximum atomic E-state index is 14.0. The van der Waals surface area contributed by atoms with E-state index < -0.39 is 11.5 Å². The minimum Gasteiger partial charge on any atom is -0.320 e. The van der Waals surface area contributed by atoms with Crippen molar-refractivity contribution in [2.45, 2.75) is 30.7 Å². The van der Waals surface area contributed by atoms with Gasteiger partial charge in [-0.3, -0.25) is 0 Å². The fraction of sp³-hybridized carbons (Fsp3) is 0.455. The Balaban J connectivity index is 2.36. The van der Waals surface area contributed by atoms with Gasteiger partial charge >= 0.3 is 0 Å². The Morgan fingerprint density at radius 1 is 1.33 bits per heavy atom. The van der Waals surface area contributed by atoms with E-state index in [1.807, 2.05) is 0 Å². The van der Waals surface area contributed by atoms with Crippen LogP contribution in [0, 0.1) is 0 Å². The normalized spacial score (nSPS) is 19.7. The minimum absolute atomic E-state index is 0.0859. The van der Waals surface area contributed by atoms with E-state index in [9.17, 15) is 8.78 Å². The Bertz CT molecular complexity index is 375. The van der Waals surface area contributed by atoms with Crippen molar-refractivity contribution in [3.05, 3.63) is 34.9 Å². The van der Waals surface area contributed by atoms with E-state index in [0.29, 0.717) is 17.9 Å². The van der Waals surface area contributed by atoms with Crippen LogP contribution in [0.2, 0.25) is 5.02 Å².